The Labute approximate surface area is 144 Å². The van der Waals surface area contributed by atoms with Crippen molar-refractivity contribution in [1.29, 1.82) is 0 Å². The molecule has 0 atom stereocenters. The van der Waals surface area contributed by atoms with Gasteiger partial charge in [-0.1, -0.05) is 12.1 Å². The third-order valence-corrected chi connectivity index (χ3v) is 4.80. The Kier molecular flexibility index (Phi) is 4.19. The molecule has 3 aromatic rings. The molecule has 0 radical (unpaired) electrons. The van der Waals surface area contributed by atoms with Crippen LogP contribution < -0.4 is 15.2 Å². The molecule has 0 bridgehead atoms. The van der Waals surface area contributed by atoms with Crippen LogP contribution in [0.25, 0.3) is 10.9 Å². The normalized spacial score (nSPS) is 15.6. The number of hydrogen-bond acceptors (Lipinski definition) is 3. The van der Waals surface area contributed by atoms with Crippen molar-refractivity contribution in [3.8, 4) is 0 Å². The molecule has 25 heavy (non-hydrogen) atoms. The molecule has 1 aliphatic rings. The van der Waals surface area contributed by atoms with E-state index < -0.39 is 0 Å². The van der Waals surface area contributed by atoms with E-state index in [2.05, 4.69) is 10.00 Å². The predicted octanol–water partition coefficient (Wildman–Crippen LogP) is 0.898. The minimum Gasteiger partial charge on any atom is -0.360 e. The van der Waals surface area contributed by atoms with E-state index in [1.807, 2.05) is 41.1 Å². The third-order valence-electron chi connectivity index (χ3n) is 4.80. The molecule has 0 saturated carbocycles. The summed E-state index contributed by atoms with van der Waals surface area (Å²) < 4.78 is 15.0. The summed E-state index contributed by atoms with van der Waals surface area (Å²) >= 11 is 0. The number of quaternary nitrogens is 1. The van der Waals surface area contributed by atoms with Gasteiger partial charge in [-0.15, -0.1) is 0 Å². The second kappa shape index (κ2) is 6.64. The van der Waals surface area contributed by atoms with Crippen LogP contribution in [0.1, 0.15) is 0 Å². The Hall–Kier alpha value is -2.73. The highest BCUT2D eigenvalue weighted by Gasteiger charge is 2.21. The first-order chi connectivity index (χ1) is 12.2. The first kappa shape index (κ1) is 15.8. The SMILES string of the molecule is O=c1cnn(C[NH+]2CCN(c3ccc(F)cc3)CC2)c2ccccc12. The summed E-state index contributed by atoms with van der Waals surface area (Å²) in [7, 11) is 0. The molecular weight excluding hydrogens is 319 g/mol. The van der Waals surface area contributed by atoms with Gasteiger partial charge >= 0.3 is 0 Å². The number of para-hydroxylation sites is 1. The molecule has 4 rings (SSSR count). The zero-order valence-electron chi connectivity index (χ0n) is 13.9. The van der Waals surface area contributed by atoms with Gasteiger partial charge in [0.05, 0.1) is 37.9 Å². The summed E-state index contributed by atoms with van der Waals surface area (Å²) in [5, 5.41) is 5.03. The first-order valence-corrected chi connectivity index (χ1v) is 8.50. The van der Waals surface area contributed by atoms with Crippen LogP contribution in [0.4, 0.5) is 10.1 Å². The Morgan fingerprint density at radius 3 is 2.52 bits per heavy atom. The molecule has 2 aromatic carbocycles. The van der Waals surface area contributed by atoms with Crippen LogP contribution in [0.2, 0.25) is 0 Å². The van der Waals surface area contributed by atoms with Crippen LogP contribution in [0.15, 0.2) is 59.5 Å². The lowest BCUT2D eigenvalue weighted by molar-refractivity contribution is -0.923. The van der Waals surface area contributed by atoms with Crippen LogP contribution in [0.3, 0.4) is 0 Å². The molecule has 2 heterocycles. The fourth-order valence-electron chi connectivity index (χ4n) is 3.39. The minimum absolute atomic E-state index is 0.0389. The molecular formula is C19H20FN4O+. The van der Waals surface area contributed by atoms with E-state index in [0.717, 1.165) is 44.1 Å². The fraction of sp³-hybridized carbons (Fsp3) is 0.263. The Morgan fingerprint density at radius 2 is 1.76 bits per heavy atom. The van der Waals surface area contributed by atoms with E-state index in [4.69, 9.17) is 0 Å². The number of hydrogen-bond donors (Lipinski definition) is 1. The number of anilines is 1. The zero-order chi connectivity index (χ0) is 17.2. The van der Waals surface area contributed by atoms with Gasteiger partial charge in [0, 0.05) is 11.1 Å². The molecule has 1 fully saturated rings. The van der Waals surface area contributed by atoms with E-state index in [0.29, 0.717) is 5.39 Å². The van der Waals surface area contributed by atoms with Crippen molar-refractivity contribution in [2.75, 3.05) is 31.1 Å². The van der Waals surface area contributed by atoms with Gasteiger partial charge in [0.2, 0.25) is 5.43 Å². The van der Waals surface area contributed by atoms with Gasteiger partial charge in [0.15, 0.2) is 6.67 Å². The quantitative estimate of drug-likeness (QED) is 0.771. The Bertz CT molecular complexity index is 930. The van der Waals surface area contributed by atoms with Gasteiger partial charge in [-0.3, -0.25) is 4.79 Å². The standard InChI is InChI=1S/C19H19FN4O/c20-15-5-7-16(8-6-15)23-11-9-22(10-12-23)14-24-18-4-2-1-3-17(18)19(25)13-21-24/h1-8,13H,9-12,14H2/p+1. The lowest BCUT2D eigenvalue weighted by atomic mass is 10.2. The number of fused-ring (bicyclic) bond motifs is 1. The average molecular weight is 339 g/mol. The fourth-order valence-corrected chi connectivity index (χ4v) is 3.39. The molecule has 0 aliphatic carbocycles. The smallest absolute Gasteiger partial charge is 0.207 e. The van der Waals surface area contributed by atoms with E-state index in [1.54, 1.807) is 0 Å². The summed E-state index contributed by atoms with van der Waals surface area (Å²) in [4.78, 5) is 15.6. The summed E-state index contributed by atoms with van der Waals surface area (Å²) in [5.41, 5.74) is 1.90. The van der Waals surface area contributed by atoms with Crippen molar-refractivity contribution in [2.45, 2.75) is 6.67 Å². The van der Waals surface area contributed by atoms with Crippen molar-refractivity contribution in [3.63, 3.8) is 0 Å². The number of rotatable bonds is 3. The van der Waals surface area contributed by atoms with E-state index in [-0.39, 0.29) is 11.2 Å². The molecule has 1 aliphatic heterocycles. The first-order valence-electron chi connectivity index (χ1n) is 8.50. The zero-order valence-corrected chi connectivity index (χ0v) is 13.9. The predicted molar refractivity (Wildman–Crippen MR) is 95.3 cm³/mol. The summed E-state index contributed by atoms with van der Waals surface area (Å²) in [6.45, 7) is 4.51. The molecule has 0 unspecified atom stereocenters. The number of halogens is 1. The molecule has 6 heteroatoms. The van der Waals surface area contributed by atoms with Gasteiger partial charge in [0.1, 0.15) is 5.82 Å². The van der Waals surface area contributed by atoms with Crippen molar-refractivity contribution in [1.82, 2.24) is 9.78 Å². The van der Waals surface area contributed by atoms with Gasteiger partial charge in [-0.25, -0.2) is 9.07 Å². The van der Waals surface area contributed by atoms with Crippen LogP contribution in [-0.2, 0) is 6.67 Å². The maximum Gasteiger partial charge on any atom is 0.207 e. The molecule has 1 saturated heterocycles. The highest BCUT2D eigenvalue weighted by atomic mass is 19.1. The molecule has 1 N–H and O–H groups in total. The van der Waals surface area contributed by atoms with Gasteiger partial charge in [0.25, 0.3) is 0 Å². The number of nitrogens with one attached hydrogen (secondary N) is 1. The number of nitrogens with zero attached hydrogens (tertiary/aromatic N) is 3. The molecule has 0 spiro atoms. The van der Waals surface area contributed by atoms with Gasteiger partial charge in [-0.05, 0) is 36.4 Å². The number of aromatic nitrogens is 2. The van der Waals surface area contributed by atoms with E-state index in [1.165, 1.54) is 23.2 Å². The van der Waals surface area contributed by atoms with Crippen LogP contribution in [0, 0.1) is 5.82 Å². The third kappa shape index (κ3) is 3.25. The second-order valence-corrected chi connectivity index (χ2v) is 6.40. The van der Waals surface area contributed by atoms with Crippen LogP contribution >= 0.6 is 0 Å². The molecule has 0 amide bonds. The Balaban J connectivity index is 1.46. The highest BCUT2D eigenvalue weighted by Crippen LogP contribution is 2.14. The highest BCUT2D eigenvalue weighted by molar-refractivity contribution is 5.77. The van der Waals surface area contributed by atoms with Gasteiger partial charge in [-0.2, -0.15) is 5.10 Å². The van der Waals surface area contributed by atoms with Crippen LogP contribution in [0.5, 0.6) is 0 Å². The van der Waals surface area contributed by atoms with Crippen molar-refractivity contribution >= 4 is 16.6 Å². The van der Waals surface area contributed by atoms with Crippen LogP contribution in [-0.4, -0.2) is 36.0 Å². The largest absolute Gasteiger partial charge is 0.360 e. The van der Waals surface area contributed by atoms with E-state index >= 15 is 0 Å². The number of benzene rings is 2. The minimum atomic E-state index is -0.204. The summed E-state index contributed by atoms with van der Waals surface area (Å²) in [5.74, 6) is -0.204. The maximum absolute atomic E-state index is 13.1. The summed E-state index contributed by atoms with van der Waals surface area (Å²) in [6, 6.07) is 14.3. The Morgan fingerprint density at radius 1 is 1.04 bits per heavy atom. The van der Waals surface area contributed by atoms with Gasteiger partial charge < -0.3 is 9.80 Å². The molecule has 128 valence electrons. The maximum atomic E-state index is 13.1. The van der Waals surface area contributed by atoms with E-state index in [9.17, 15) is 9.18 Å². The number of piperazine rings is 1. The van der Waals surface area contributed by atoms with Crippen molar-refractivity contribution < 1.29 is 9.29 Å². The topological polar surface area (TPSA) is 42.6 Å². The second-order valence-electron chi connectivity index (χ2n) is 6.40. The lowest BCUT2D eigenvalue weighted by Crippen LogP contribution is -3.14. The molecule has 5 nitrogen and oxygen atoms in total. The van der Waals surface area contributed by atoms with Crippen molar-refractivity contribution in [2.24, 2.45) is 0 Å². The average Bonchev–Trinajstić information content (AvgIpc) is 2.66. The monoisotopic (exact) mass is 339 g/mol. The summed E-state index contributed by atoms with van der Waals surface area (Å²) in [6.07, 6.45) is 1.40. The van der Waals surface area contributed by atoms with Crippen molar-refractivity contribution in [3.05, 3.63) is 70.8 Å². The molecule has 1 aromatic heterocycles. The lowest BCUT2D eigenvalue weighted by Gasteiger charge is -2.33.